The van der Waals surface area contributed by atoms with Gasteiger partial charge in [0.25, 0.3) is 5.91 Å². The van der Waals surface area contributed by atoms with Crippen LogP contribution in [-0.4, -0.2) is 39.8 Å². The topological polar surface area (TPSA) is 109 Å². The molecule has 2 N–H and O–H groups in total. The summed E-state index contributed by atoms with van der Waals surface area (Å²) in [5.74, 6) is -0.348. The summed E-state index contributed by atoms with van der Waals surface area (Å²) in [6.07, 6.45) is 2.97. The minimum absolute atomic E-state index is 0.140. The van der Waals surface area contributed by atoms with Crippen LogP contribution in [0.3, 0.4) is 0 Å². The van der Waals surface area contributed by atoms with Gasteiger partial charge in [0.05, 0.1) is 30.2 Å². The number of rotatable bonds is 7. The highest BCUT2D eigenvalue weighted by Gasteiger charge is 2.36. The zero-order chi connectivity index (χ0) is 28.3. The molecule has 1 amide bonds. The van der Waals surface area contributed by atoms with Crippen LogP contribution in [0.15, 0.2) is 59.0 Å². The van der Waals surface area contributed by atoms with Crippen LogP contribution in [0, 0.1) is 5.82 Å². The molecule has 3 aromatic carbocycles. The second kappa shape index (κ2) is 9.76. The molecule has 0 radical (unpaired) electrons. The molecule has 0 saturated heterocycles. The quantitative estimate of drug-likeness (QED) is 0.327. The molecule has 2 aliphatic rings. The number of anilines is 1. The molecule has 4 aromatic rings. The van der Waals surface area contributed by atoms with Crippen molar-refractivity contribution >= 4 is 45.2 Å². The Hall–Kier alpha value is -3.67. The van der Waals surface area contributed by atoms with E-state index in [0.29, 0.717) is 33.2 Å². The van der Waals surface area contributed by atoms with E-state index in [1.165, 1.54) is 29.7 Å². The fourth-order valence-electron chi connectivity index (χ4n) is 5.54. The Morgan fingerprint density at radius 2 is 1.88 bits per heavy atom. The van der Waals surface area contributed by atoms with Gasteiger partial charge in [-0.25, -0.2) is 12.8 Å². The van der Waals surface area contributed by atoms with Gasteiger partial charge in [-0.15, -0.1) is 0 Å². The molecular formula is C29H28BFN2O6S. The van der Waals surface area contributed by atoms with Gasteiger partial charge in [0, 0.05) is 24.1 Å². The molecule has 1 aliphatic heterocycles. The first-order chi connectivity index (χ1) is 19.1. The Bertz CT molecular complexity index is 1750. The van der Waals surface area contributed by atoms with E-state index < -0.39 is 29.0 Å². The third-order valence-electron chi connectivity index (χ3n) is 7.67. The van der Waals surface area contributed by atoms with Crippen molar-refractivity contribution in [3.8, 4) is 11.3 Å². The van der Waals surface area contributed by atoms with Crippen LogP contribution in [-0.2, 0) is 21.3 Å². The maximum Gasteiger partial charge on any atom is 0.491 e. The molecule has 206 valence electrons. The molecule has 0 bridgehead atoms. The Morgan fingerprint density at radius 3 is 2.52 bits per heavy atom. The minimum atomic E-state index is -3.78. The average Bonchev–Trinajstić information content (AvgIpc) is 3.61. The number of hydrogen-bond acceptors (Lipinski definition) is 6. The summed E-state index contributed by atoms with van der Waals surface area (Å²) in [5, 5.41) is 13.3. The van der Waals surface area contributed by atoms with Crippen molar-refractivity contribution in [3.63, 3.8) is 0 Å². The highest BCUT2D eigenvalue weighted by molar-refractivity contribution is 7.92. The second-order valence-electron chi connectivity index (χ2n) is 10.4. The van der Waals surface area contributed by atoms with E-state index in [4.69, 9.17) is 9.07 Å². The number of benzene rings is 3. The molecule has 8 nitrogen and oxygen atoms in total. The van der Waals surface area contributed by atoms with Gasteiger partial charge < -0.3 is 19.4 Å². The summed E-state index contributed by atoms with van der Waals surface area (Å²) in [6, 6.07) is 14.1. The Labute approximate surface area is 231 Å². The van der Waals surface area contributed by atoms with Crippen molar-refractivity contribution < 1.29 is 31.7 Å². The van der Waals surface area contributed by atoms with Gasteiger partial charge in [-0.2, -0.15) is 0 Å². The van der Waals surface area contributed by atoms with Crippen molar-refractivity contribution in [2.24, 2.45) is 0 Å². The first kappa shape index (κ1) is 26.6. The van der Waals surface area contributed by atoms with E-state index in [2.05, 4.69) is 5.32 Å². The summed E-state index contributed by atoms with van der Waals surface area (Å²) in [7, 11) is -3.24. The molecule has 1 atom stereocenters. The lowest BCUT2D eigenvalue weighted by atomic mass is 9.79. The lowest BCUT2D eigenvalue weighted by Gasteiger charge is -2.31. The van der Waals surface area contributed by atoms with Crippen molar-refractivity contribution in [2.75, 3.05) is 17.6 Å². The van der Waals surface area contributed by atoms with Crippen LogP contribution in [0.5, 0.6) is 0 Å². The van der Waals surface area contributed by atoms with E-state index >= 15 is 0 Å². The van der Waals surface area contributed by atoms with Crippen LogP contribution < -0.4 is 15.1 Å². The Kier molecular flexibility index (Phi) is 6.48. The molecule has 1 aliphatic carbocycles. The fourth-order valence-corrected chi connectivity index (χ4v) is 6.75. The zero-order valence-corrected chi connectivity index (χ0v) is 23.1. The van der Waals surface area contributed by atoms with Gasteiger partial charge in [-0.3, -0.25) is 9.10 Å². The smallest absolute Gasteiger partial charge is 0.455 e. The van der Waals surface area contributed by atoms with E-state index in [1.807, 2.05) is 19.1 Å². The lowest BCUT2D eigenvalue weighted by Crippen LogP contribution is -2.34. The number of carbonyl (C=O) groups excluding carboxylic acids is 1. The Balaban J connectivity index is 1.54. The van der Waals surface area contributed by atoms with Crippen LogP contribution >= 0.6 is 0 Å². The number of fused-ring (bicyclic) bond motifs is 2. The summed E-state index contributed by atoms with van der Waals surface area (Å²) in [4.78, 5) is 13.1. The Morgan fingerprint density at radius 1 is 1.15 bits per heavy atom. The van der Waals surface area contributed by atoms with Gasteiger partial charge in [0.1, 0.15) is 17.2 Å². The van der Waals surface area contributed by atoms with Gasteiger partial charge >= 0.3 is 7.12 Å². The number of halogens is 1. The molecule has 6 rings (SSSR count). The SMILES string of the molecule is CNC(=O)c1c(-c2ccc(F)cc2)oc2cc(N(C(C)c3ccc4c(c3)COB4O)S(C)(=O)=O)c(C3CC3)cc12. The highest BCUT2D eigenvalue weighted by atomic mass is 32.2. The largest absolute Gasteiger partial charge is 0.491 e. The summed E-state index contributed by atoms with van der Waals surface area (Å²) in [6.45, 7) is 2.06. The molecule has 40 heavy (non-hydrogen) atoms. The third-order valence-corrected chi connectivity index (χ3v) is 8.90. The number of nitrogens with zero attached hydrogens (tertiary/aromatic N) is 1. The van der Waals surface area contributed by atoms with E-state index in [-0.39, 0.29) is 24.2 Å². The summed E-state index contributed by atoms with van der Waals surface area (Å²) >= 11 is 0. The second-order valence-corrected chi connectivity index (χ2v) is 12.3. The number of hydrogen-bond donors (Lipinski definition) is 2. The van der Waals surface area contributed by atoms with Gasteiger partial charge in [0.15, 0.2) is 0 Å². The van der Waals surface area contributed by atoms with E-state index in [9.17, 15) is 22.6 Å². The standard InChI is InChI=1S/C29H28BFN2O6S/c1-16(19-8-11-24-20(12-19)15-38-30(24)35)33(40(3,36)37)25-14-26-23(13-22(25)17-4-5-17)27(29(34)32-2)28(39-26)18-6-9-21(31)10-7-18/h6-14,16-17,35H,4-5,15H2,1-3H3,(H,32,34). The molecular weight excluding hydrogens is 534 g/mol. The van der Waals surface area contributed by atoms with Crippen molar-refractivity contribution in [2.45, 2.75) is 38.3 Å². The van der Waals surface area contributed by atoms with Gasteiger partial charge in [-0.05, 0) is 78.2 Å². The first-order valence-electron chi connectivity index (χ1n) is 13.1. The number of sulfonamides is 1. The predicted octanol–water partition coefficient (Wildman–Crippen LogP) is 4.22. The predicted molar refractivity (Wildman–Crippen MR) is 152 cm³/mol. The van der Waals surface area contributed by atoms with Crippen LogP contribution in [0.2, 0.25) is 0 Å². The third kappa shape index (κ3) is 4.57. The number of nitrogens with one attached hydrogen (secondary N) is 1. The molecule has 1 saturated carbocycles. The van der Waals surface area contributed by atoms with E-state index in [0.717, 1.165) is 29.5 Å². The maximum atomic E-state index is 13.7. The summed E-state index contributed by atoms with van der Waals surface area (Å²) < 4.78 is 53.3. The molecule has 2 heterocycles. The number of amides is 1. The molecule has 11 heteroatoms. The van der Waals surface area contributed by atoms with Crippen molar-refractivity contribution in [3.05, 3.63) is 82.7 Å². The van der Waals surface area contributed by atoms with E-state index in [1.54, 1.807) is 30.3 Å². The molecule has 0 spiro atoms. The normalized spacial score (nSPS) is 15.8. The van der Waals surface area contributed by atoms with Crippen LogP contribution in [0.25, 0.3) is 22.3 Å². The zero-order valence-electron chi connectivity index (χ0n) is 22.3. The maximum absolute atomic E-state index is 13.7. The van der Waals surface area contributed by atoms with Crippen LogP contribution in [0.1, 0.15) is 58.8 Å². The highest BCUT2D eigenvalue weighted by Crippen LogP contribution is 2.49. The minimum Gasteiger partial charge on any atom is -0.455 e. The van der Waals surface area contributed by atoms with Crippen molar-refractivity contribution in [1.29, 1.82) is 0 Å². The average molecular weight is 562 g/mol. The monoisotopic (exact) mass is 562 g/mol. The first-order valence-corrected chi connectivity index (χ1v) is 14.9. The molecule has 1 unspecified atom stereocenters. The van der Waals surface area contributed by atoms with Gasteiger partial charge in [-0.1, -0.05) is 18.2 Å². The fraction of sp³-hybridized carbons (Fsp3) is 0.276. The molecule has 1 aromatic heterocycles. The lowest BCUT2D eigenvalue weighted by molar-refractivity contribution is 0.0964. The van der Waals surface area contributed by atoms with Crippen molar-refractivity contribution in [1.82, 2.24) is 5.32 Å². The van der Waals surface area contributed by atoms with Gasteiger partial charge in [0.2, 0.25) is 10.0 Å². The summed E-state index contributed by atoms with van der Waals surface area (Å²) in [5.41, 5.74) is 4.74. The number of carbonyl (C=O) groups is 1. The number of furan rings is 1. The van der Waals surface area contributed by atoms with Crippen LogP contribution in [0.4, 0.5) is 10.1 Å². The molecule has 1 fully saturated rings.